The van der Waals surface area contributed by atoms with Crippen LogP contribution in [0.2, 0.25) is 0 Å². The van der Waals surface area contributed by atoms with Crippen LogP contribution in [-0.2, 0) is 26.2 Å². The average molecular weight is 259 g/mol. The van der Waals surface area contributed by atoms with Gasteiger partial charge in [-0.05, 0) is 6.07 Å². The predicted molar refractivity (Wildman–Crippen MR) is 61.8 cm³/mol. The van der Waals surface area contributed by atoms with Crippen molar-refractivity contribution in [3.63, 3.8) is 0 Å². The fraction of sp³-hybridized carbons (Fsp3) is 0.300. The number of sulfonamides is 1. The molecule has 0 saturated carbocycles. The number of aliphatic hydroxyl groups excluding tert-OH is 1. The number of nitrogens with one attached hydrogen (secondary N) is 1. The molecule has 0 aliphatic carbocycles. The van der Waals surface area contributed by atoms with Gasteiger partial charge in [-0.2, -0.15) is 0 Å². The van der Waals surface area contributed by atoms with Gasteiger partial charge in [-0.3, -0.25) is 9.52 Å². The quantitative estimate of drug-likeness (QED) is 0.731. The van der Waals surface area contributed by atoms with Gasteiger partial charge in [0, 0.05) is 5.56 Å². The molecule has 0 fully saturated rings. The monoisotopic (exact) mass is 259 g/mol. The number of hydrogen-bond acceptors (Lipinski definition) is 5. The number of methoxy groups -OCH3 is 1. The molecule has 1 aromatic carbocycles. The van der Waals surface area contributed by atoms with Crippen LogP contribution < -0.4 is 4.72 Å². The van der Waals surface area contributed by atoms with Crippen LogP contribution >= 0.6 is 0 Å². The maximum absolute atomic E-state index is 11.5. The number of carbonyl (C=O) groups is 1. The smallest absolute Gasteiger partial charge is 0.322 e. The third kappa shape index (κ3) is 4.04. The van der Waals surface area contributed by atoms with Crippen LogP contribution in [0.4, 0.5) is 5.69 Å². The molecule has 0 unspecified atom stereocenters. The van der Waals surface area contributed by atoms with Crippen molar-refractivity contribution in [2.75, 3.05) is 17.6 Å². The number of anilines is 1. The summed E-state index contributed by atoms with van der Waals surface area (Å²) in [6, 6.07) is 6.37. The Balaban J connectivity index is 2.86. The summed E-state index contributed by atoms with van der Waals surface area (Å²) in [6.07, 6.45) is 0. The zero-order valence-corrected chi connectivity index (χ0v) is 10.0. The summed E-state index contributed by atoms with van der Waals surface area (Å²) >= 11 is 0. The lowest BCUT2D eigenvalue weighted by Gasteiger charge is -2.10. The van der Waals surface area contributed by atoms with Crippen molar-refractivity contribution in [2.45, 2.75) is 6.61 Å². The lowest BCUT2D eigenvalue weighted by molar-refractivity contribution is -0.137. The van der Waals surface area contributed by atoms with Crippen molar-refractivity contribution in [2.24, 2.45) is 0 Å². The summed E-state index contributed by atoms with van der Waals surface area (Å²) < 4.78 is 29.6. The number of aliphatic hydroxyl groups is 1. The first-order valence-corrected chi connectivity index (χ1v) is 6.40. The maximum Gasteiger partial charge on any atom is 0.322 e. The van der Waals surface area contributed by atoms with E-state index in [2.05, 4.69) is 9.46 Å². The van der Waals surface area contributed by atoms with E-state index < -0.39 is 21.7 Å². The van der Waals surface area contributed by atoms with Gasteiger partial charge in [-0.15, -0.1) is 0 Å². The van der Waals surface area contributed by atoms with Crippen LogP contribution in [0.15, 0.2) is 24.3 Å². The highest BCUT2D eigenvalue weighted by Gasteiger charge is 2.17. The molecule has 17 heavy (non-hydrogen) atoms. The fourth-order valence-corrected chi connectivity index (χ4v) is 2.21. The van der Waals surface area contributed by atoms with Gasteiger partial charge in [0.25, 0.3) is 0 Å². The van der Waals surface area contributed by atoms with E-state index in [1.165, 1.54) is 6.07 Å². The topological polar surface area (TPSA) is 92.7 Å². The minimum Gasteiger partial charge on any atom is -0.468 e. The van der Waals surface area contributed by atoms with E-state index in [0.717, 1.165) is 7.11 Å². The Hall–Kier alpha value is -1.60. The highest BCUT2D eigenvalue weighted by molar-refractivity contribution is 7.93. The second-order valence-electron chi connectivity index (χ2n) is 3.25. The molecule has 0 spiro atoms. The molecule has 1 aromatic rings. The number of benzene rings is 1. The van der Waals surface area contributed by atoms with Crippen molar-refractivity contribution in [1.82, 2.24) is 0 Å². The first kappa shape index (κ1) is 13.5. The normalized spacial score (nSPS) is 10.9. The molecule has 0 aromatic heterocycles. The number of esters is 1. The summed E-state index contributed by atoms with van der Waals surface area (Å²) in [7, 11) is -2.70. The first-order chi connectivity index (χ1) is 7.98. The van der Waals surface area contributed by atoms with Crippen molar-refractivity contribution < 1.29 is 23.1 Å². The van der Waals surface area contributed by atoms with Crippen molar-refractivity contribution in [3.05, 3.63) is 29.8 Å². The molecule has 2 N–H and O–H groups in total. The molecular formula is C10H13NO5S. The lowest BCUT2D eigenvalue weighted by atomic mass is 10.2. The van der Waals surface area contributed by atoms with E-state index in [1.807, 2.05) is 0 Å². The highest BCUT2D eigenvalue weighted by Crippen LogP contribution is 2.16. The second kappa shape index (κ2) is 5.65. The number of hydrogen-bond donors (Lipinski definition) is 2. The minimum absolute atomic E-state index is 0.249. The largest absolute Gasteiger partial charge is 0.468 e. The third-order valence-electron chi connectivity index (χ3n) is 1.99. The van der Waals surface area contributed by atoms with E-state index >= 15 is 0 Å². The molecule has 0 aliphatic rings. The average Bonchev–Trinajstić information content (AvgIpc) is 2.28. The molecule has 6 nitrogen and oxygen atoms in total. The number of para-hydroxylation sites is 1. The third-order valence-corrected chi connectivity index (χ3v) is 3.14. The van der Waals surface area contributed by atoms with Crippen LogP contribution in [0.1, 0.15) is 5.56 Å². The Morgan fingerprint density at radius 2 is 2.06 bits per heavy atom. The molecule has 0 radical (unpaired) electrons. The molecule has 1 rings (SSSR count). The Bertz CT molecular complexity index is 497. The summed E-state index contributed by atoms with van der Waals surface area (Å²) in [6.45, 7) is -0.295. The van der Waals surface area contributed by atoms with E-state index in [9.17, 15) is 13.2 Å². The van der Waals surface area contributed by atoms with Gasteiger partial charge in [-0.25, -0.2) is 8.42 Å². The Morgan fingerprint density at radius 1 is 1.41 bits per heavy atom. The zero-order chi connectivity index (χ0) is 12.9. The van der Waals surface area contributed by atoms with Gasteiger partial charge >= 0.3 is 5.97 Å². The molecule has 0 bridgehead atoms. The van der Waals surface area contributed by atoms with Gasteiger partial charge in [0.05, 0.1) is 19.4 Å². The van der Waals surface area contributed by atoms with Crippen molar-refractivity contribution in [3.8, 4) is 0 Å². The van der Waals surface area contributed by atoms with Gasteiger partial charge in [-0.1, -0.05) is 18.2 Å². The summed E-state index contributed by atoms with van der Waals surface area (Å²) in [4.78, 5) is 10.9. The SMILES string of the molecule is COC(=O)CS(=O)(=O)Nc1ccccc1CO. The van der Waals surface area contributed by atoms with Gasteiger partial charge in [0.2, 0.25) is 10.0 Å². The predicted octanol–water partition coefficient (Wildman–Crippen LogP) is 0.0936. The minimum atomic E-state index is -3.81. The molecule has 0 heterocycles. The Labute approximate surface area is 99.3 Å². The molecule has 7 heteroatoms. The number of carbonyl (C=O) groups excluding carboxylic acids is 1. The molecule has 0 atom stereocenters. The van der Waals surface area contributed by atoms with Crippen LogP contribution in [0.3, 0.4) is 0 Å². The summed E-state index contributed by atoms with van der Waals surface area (Å²) in [5, 5.41) is 9.02. The van der Waals surface area contributed by atoms with Crippen molar-refractivity contribution >= 4 is 21.7 Å². The molecule has 0 amide bonds. The Kier molecular flexibility index (Phi) is 4.47. The summed E-state index contributed by atoms with van der Waals surface area (Å²) in [5.41, 5.74) is 0.680. The van der Waals surface area contributed by atoms with Crippen LogP contribution in [0, 0.1) is 0 Å². The fourth-order valence-electron chi connectivity index (χ4n) is 1.18. The van der Waals surface area contributed by atoms with Gasteiger partial charge < -0.3 is 9.84 Å². The number of rotatable bonds is 5. The van der Waals surface area contributed by atoms with Gasteiger partial charge in [0.1, 0.15) is 0 Å². The van der Waals surface area contributed by atoms with E-state index in [1.54, 1.807) is 18.2 Å². The lowest BCUT2D eigenvalue weighted by Crippen LogP contribution is -2.24. The summed E-state index contributed by atoms with van der Waals surface area (Å²) in [5.74, 6) is -1.61. The molecule has 0 saturated heterocycles. The van der Waals surface area contributed by atoms with Crippen LogP contribution in [-0.4, -0.2) is 32.4 Å². The maximum atomic E-state index is 11.5. The van der Waals surface area contributed by atoms with Crippen molar-refractivity contribution in [1.29, 1.82) is 0 Å². The number of ether oxygens (including phenoxy) is 1. The zero-order valence-electron chi connectivity index (χ0n) is 9.21. The van der Waals surface area contributed by atoms with Gasteiger partial charge in [0.15, 0.2) is 5.75 Å². The first-order valence-electron chi connectivity index (χ1n) is 4.74. The molecular weight excluding hydrogens is 246 g/mol. The molecule has 0 aliphatic heterocycles. The van der Waals surface area contributed by atoms with Crippen LogP contribution in [0.25, 0.3) is 0 Å². The van der Waals surface area contributed by atoms with Crippen LogP contribution in [0.5, 0.6) is 0 Å². The van der Waals surface area contributed by atoms with E-state index in [0.29, 0.717) is 5.56 Å². The highest BCUT2D eigenvalue weighted by atomic mass is 32.2. The standard InChI is InChI=1S/C10H13NO5S/c1-16-10(13)7-17(14,15)11-9-5-3-2-4-8(9)6-12/h2-5,11-12H,6-7H2,1H3. The van der Waals surface area contributed by atoms with E-state index in [-0.39, 0.29) is 12.3 Å². The second-order valence-corrected chi connectivity index (χ2v) is 4.97. The van der Waals surface area contributed by atoms with E-state index in [4.69, 9.17) is 5.11 Å². The Morgan fingerprint density at radius 3 is 2.65 bits per heavy atom. The molecule has 94 valence electrons.